The van der Waals surface area contributed by atoms with Crippen LogP contribution < -0.4 is 0 Å². The van der Waals surface area contributed by atoms with Crippen LogP contribution in [-0.2, 0) is 0 Å². The van der Waals surface area contributed by atoms with Crippen LogP contribution in [0.25, 0.3) is 10.9 Å². The summed E-state index contributed by atoms with van der Waals surface area (Å²) in [4.78, 5) is 21.2. The minimum atomic E-state index is 0.167. The molecule has 0 saturated carbocycles. The van der Waals surface area contributed by atoms with Crippen molar-refractivity contribution in [2.24, 2.45) is 0 Å². The van der Waals surface area contributed by atoms with Crippen molar-refractivity contribution in [1.82, 2.24) is 14.8 Å². The fourth-order valence-electron chi connectivity index (χ4n) is 4.21. The molecule has 1 aliphatic rings. The Hall–Kier alpha value is -1.81. The summed E-state index contributed by atoms with van der Waals surface area (Å²) < 4.78 is 0. The molecule has 1 fully saturated rings. The van der Waals surface area contributed by atoms with Crippen molar-refractivity contribution in [3.63, 3.8) is 0 Å². The summed E-state index contributed by atoms with van der Waals surface area (Å²) >= 11 is 0. The molecule has 0 spiro atoms. The minimum Gasteiger partial charge on any atom is -0.350 e. The first-order valence-corrected chi connectivity index (χ1v) is 9.59. The molecule has 0 aliphatic carbocycles. The molecule has 2 aromatic rings. The fourth-order valence-corrected chi connectivity index (χ4v) is 4.21. The summed E-state index contributed by atoms with van der Waals surface area (Å²) in [6.45, 7) is 14.6. The number of likely N-dealkylation sites (tertiary alicyclic amines) is 1. The van der Waals surface area contributed by atoms with E-state index in [0.29, 0.717) is 6.04 Å². The average Bonchev–Trinajstić information content (AvgIpc) is 3.17. The van der Waals surface area contributed by atoms with Gasteiger partial charge in [-0.05, 0) is 63.9 Å². The van der Waals surface area contributed by atoms with Crippen molar-refractivity contribution in [3.8, 4) is 0 Å². The van der Waals surface area contributed by atoms with Gasteiger partial charge in [0.05, 0.1) is 0 Å². The van der Waals surface area contributed by atoms with Crippen LogP contribution in [0.2, 0.25) is 0 Å². The Morgan fingerprint density at radius 1 is 1.24 bits per heavy atom. The van der Waals surface area contributed by atoms with Gasteiger partial charge in [0.1, 0.15) is 5.69 Å². The summed E-state index contributed by atoms with van der Waals surface area (Å²) in [5.41, 5.74) is 5.41. The third-order valence-corrected chi connectivity index (χ3v) is 5.72. The van der Waals surface area contributed by atoms with Gasteiger partial charge in [0.2, 0.25) is 0 Å². The quantitative estimate of drug-likeness (QED) is 0.891. The monoisotopic (exact) mass is 341 g/mol. The molecule has 25 heavy (non-hydrogen) atoms. The van der Waals surface area contributed by atoms with Crippen LogP contribution in [0.15, 0.2) is 12.1 Å². The van der Waals surface area contributed by atoms with Gasteiger partial charge < -0.3 is 14.8 Å². The lowest BCUT2D eigenvalue weighted by Gasteiger charge is -2.29. The number of nitrogens with one attached hydrogen (secondary N) is 1. The number of nitrogens with zero attached hydrogens (tertiary/aromatic N) is 2. The number of fused-ring (bicyclic) bond motifs is 1. The smallest absolute Gasteiger partial charge is 0.270 e. The maximum Gasteiger partial charge on any atom is 0.270 e. The van der Waals surface area contributed by atoms with Crippen LogP contribution >= 0.6 is 0 Å². The number of aromatic amines is 1. The highest BCUT2D eigenvalue weighted by Crippen LogP contribution is 2.29. The highest BCUT2D eigenvalue weighted by molar-refractivity contribution is 6.02. The second-order valence-electron chi connectivity index (χ2n) is 7.41. The van der Waals surface area contributed by atoms with E-state index in [2.05, 4.69) is 61.5 Å². The Kier molecular flexibility index (Phi) is 5.19. The Balaban J connectivity index is 1.91. The van der Waals surface area contributed by atoms with Crippen LogP contribution in [0, 0.1) is 20.8 Å². The van der Waals surface area contributed by atoms with Crippen LogP contribution in [0.4, 0.5) is 0 Å². The number of rotatable bonds is 5. The maximum atomic E-state index is 13.3. The second kappa shape index (κ2) is 7.20. The molecule has 1 aromatic carbocycles. The zero-order valence-electron chi connectivity index (χ0n) is 16.3. The predicted octanol–water partition coefficient (Wildman–Crippen LogP) is 4.04. The average molecular weight is 341 g/mol. The number of benzene rings is 1. The molecule has 0 radical (unpaired) electrons. The number of carbonyl (C=O) groups excluding carboxylic acids is 1. The molecule has 1 amide bonds. The van der Waals surface area contributed by atoms with Gasteiger partial charge in [-0.2, -0.15) is 0 Å². The van der Waals surface area contributed by atoms with E-state index < -0.39 is 0 Å². The highest BCUT2D eigenvalue weighted by Gasteiger charge is 2.32. The van der Waals surface area contributed by atoms with Crippen molar-refractivity contribution in [2.45, 2.75) is 53.5 Å². The number of amides is 1. The van der Waals surface area contributed by atoms with Crippen molar-refractivity contribution in [3.05, 3.63) is 34.5 Å². The molecule has 1 N–H and O–H groups in total. The molecule has 136 valence electrons. The molecule has 4 heteroatoms. The van der Waals surface area contributed by atoms with Gasteiger partial charge in [0.15, 0.2) is 0 Å². The van der Waals surface area contributed by atoms with Gasteiger partial charge in [-0.25, -0.2) is 0 Å². The van der Waals surface area contributed by atoms with E-state index in [1.807, 2.05) is 0 Å². The third kappa shape index (κ3) is 3.32. The Morgan fingerprint density at radius 2 is 1.96 bits per heavy atom. The van der Waals surface area contributed by atoms with Gasteiger partial charge in [-0.3, -0.25) is 4.79 Å². The summed E-state index contributed by atoms with van der Waals surface area (Å²) in [5.74, 6) is 0.167. The van der Waals surface area contributed by atoms with Crippen LogP contribution in [0.3, 0.4) is 0 Å². The standard InChI is InChI=1S/C21H31N3O/c1-6-23(7-2)13-17-9-8-10-24(17)21(25)20-16(5)18-12-14(3)11-15(4)19(18)22-20/h11-12,17,22H,6-10,13H2,1-5H3/t17-/m0/s1. The molecule has 1 saturated heterocycles. The summed E-state index contributed by atoms with van der Waals surface area (Å²) in [5, 5.41) is 1.18. The Bertz CT molecular complexity index is 773. The van der Waals surface area contributed by atoms with Crippen LogP contribution in [-0.4, -0.2) is 52.9 Å². The normalized spacial score (nSPS) is 17.8. The molecule has 1 aromatic heterocycles. The van der Waals surface area contributed by atoms with Gasteiger partial charge in [-0.1, -0.05) is 25.5 Å². The lowest BCUT2D eigenvalue weighted by molar-refractivity contribution is 0.0698. The van der Waals surface area contributed by atoms with E-state index in [-0.39, 0.29) is 5.91 Å². The zero-order chi connectivity index (χ0) is 18.1. The molecule has 2 heterocycles. The summed E-state index contributed by atoms with van der Waals surface area (Å²) in [6.07, 6.45) is 2.22. The van der Waals surface area contributed by atoms with E-state index in [1.54, 1.807) is 0 Å². The fraction of sp³-hybridized carbons (Fsp3) is 0.571. The van der Waals surface area contributed by atoms with E-state index in [1.165, 1.54) is 16.5 Å². The van der Waals surface area contributed by atoms with Gasteiger partial charge in [0.25, 0.3) is 5.91 Å². The van der Waals surface area contributed by atoms with E-state index >= 15 is 0 Å². The van der Waals surface area contributed by atoms with E-state index in [0.717, 1.165) is 55.8 Å². The van der Waals surface area contributed by atoms with Gasteiger partial charge in [0, 0.05) is 30.0 Å². The molecule has 3 rings (SSSR count). The largest absolute Gasteiger partial charge is 0.350 e. The van der Waals surface area contributed by atoms with Crippen molar-refractivity contribution >= 4 is 16.8 Å². The minimum absolute atomic E-state index is 0.167. The summed E-state index contributed by atoms with van der Waals surface area (Å²) in [6, 6.07) is 4.69. The van der Waals surface area contributed by atoms with Crippen LogP contribution in [0.5, 0.6) is 0 Å². The Morgan fingerprint density at radius 3 is 2.64 bits per heavy atom. The molecular weight excluding hydrogens is 310 g/mol. The zero-order valence-corrected chi connectivity index (χ0v) is 16.3. The van der Waals surface area contributed by atoms with E-state index in [9.17, 15) is 4.79 Å². The third-order valence-electron chi connectivity index (χ3n) is 5.72. The molecular formula is C21H31N3O. The number of aryl methyl sites for hydroxylation is 3. The number of carbonyl (C=O) groups is 1. The van der Waals surface area contributed by atoms with Crippen molar-refractivity contribution in [2.75, 3.05) is 26.2 Å². The predicted molar refractivity (Wildman–Crippen MR) is 104 cm³/mol. The molecule has 1 aliphatic heterocycles. The molecule has 0 unspecified atom stereocenters. The number of hydrogen-bond donors (Lipinski definition) is 1. The first kappa shape index (κ1) is 18.0. The topological polar surface area (TPSA) is 39.3 Å². The first-order chi connectivity index (χ1) is 12.0. The molecule has 4 nitrogen and oxygen atoms in total. The van der Waals surface area contributed by atoms with Gasteiger partial charge in [-0.15, -0.1) is 0 Å². The lowest BCUT2D eigenvalue weighted by atomic mass is 10.1. The highest BCUT2D eigenvalue weighted by atomic mass is 16.2. The maximum absolute atomic E-state index is 13.3. The SMILES string of the molecule is CCN(CC)C[C@@H]1CCCN1C(=O)c1[nH]c2c(C)cc(C)cc2c1C. The molecule has 0 bridgehead atoms. The number of H-pyrrole nitrogens is 1. The van der Waals surface area contributed by atoms with E-state index in [4.69, 9.17) is 0 Å². The number of aromatic nitrogens is 1. The van der Waals surface area contributed by atoms with Gasteiger partial charge >= 0.3 is 0 Å². The first-order valence-electron chi connectivity index (χ1n) is 9.59. The summed E-state index contributed by atoms with van der Waals surface area (Å²) in [7, 11) is 0. The Labute approximate surface area is 151 Å². The lowest BCUT2D eigenvalue weighted by Crippen LogP contribution is -2.43. The van der Waals surface area contributed by atoms with Crippen LogP contribution in [0.1, 0.15) is 53.9 Å². The second-order valence-corrected chi connectivity index (χ2v) is 7.41. The van der Waals surface area contributed by atoms with Crippen molar-refractivity contribution in [1.29, 1.82) is 0 Å². The number of likely N-dealkylation sites (N-methyl/N-ethyl adjacent to an activating group) is 1. The van der Waals surface area contributed by atoms with Crippen molar-refractivity contribution < 1.29 is 4.79 Å². The molecule has 1 atom stereocenters. The number of hydrogen-bond acceptors (Lipinski definition) is 2.